The van der Waals surface area contributed by atoms with Gasteiger partial charge in [-0.25, -0.2) is 4.98 Å². The molecular formula is C14H20N4. The third kappa shape index (κ3) is 2.01. The van der Waals surface area contributed by atoms with E-state index in [4.69, 9.17) is 10.7 Å². The quantitative estimate of drug-likeness (QED) is 0.897. The van der Waals surface area contributed by atoms with E-state index in [0.717, 1.165) is 23.3 Å². The first-order chi connectivity index (χ1) is 8.66. The molecule has 1 aliphatic carbocycles. The molecule has 2 aromatic rings. The second-order valence-corrected chi connectivity index (χ2v) is 5.56. The first-order valence-corrected chi connectivity index (χ1v) is 6.73. The van der Waals surface area contributed by atoms with Gasteiger partial charge in [-0.15, -0.1) is 0 Å². The molecule has 0 radical (unpaired) electrons. The molecule has 1 unspecified atom stereocenters. The summed E-state index contributed by atoms with van der Waals surface area (Å²) in [6.07, 6.45) is 7.10. The SMILES string of the molecule is CC(C)n1c(CC(N)C2CC2)nc2cnccc21. The first kappa shape index (κ1) is 11.7. The van der Waals surface area contributed by atoms with Crippen molar-refractivity contribution in [2.24, 2.45) is 11.7 Å². The van der Waals surface area contributed by atoms with Crippen molar-refractivity contribution in [2.45, 2.75) is 45.2 Å². The van der Waals surface area contributed by atoms with Gasteiger partial charge in [-0.05, 0) is 38.7 Å². The second kappa shape index (κ2) is 4.35. The van der Waals surface area contributed by atoms with Gasteiger partial charge in [0.05, 0.1) is 11.7 Å². The molecule has 0 saturated heterocycles. The van der Waals surface area contributed by atoms with Crippen molar-refractivity contribution in [1.82, 2.24) is 14.5 Å². The lowest BCUT2D eigenvalue weighted by Gasteiger charge is -2.15. The predicted molar refractivity (Wildman–Crippen MR) is 72.3 cm³/mol. The van der Waals surface area contributed by atoms with Gasteiger partial charge >= 0.3 is 0 Å². The monoisotopic (exact) mass is 244 g/mol. The summed E-state index contributed by atoms with van der Waals surface area (Å²) in [4.78, 5) is 8.85. The Morgan fingerprint density at radius 3 is 2.89 bits per heavy atom. The molecule has 1 fully saturated rings. The molecule has 1 aliphatic rings. The van der Waals surface area contributed by atoms with Crippen molar-refractivity contribution >= 4 is 11.0 Å². The van der Waals surface area contributed by atoms with Gasteiger partial charge < -0.3 is 10.3 Å². The molecule has 0 spiro atoms. The summed E-state index contributed by atoms with van der Waals surface area (Å²) in [6.45, 7) is 4.38. The van der Waals surface area contributed by atoms with Crippen molar-refractivity contribution < 1.29 is 0 Å². The zero-order chi connectivity index (χ0) is 12.7. The standard InChI is InChI=1S/C14H20N4/c1-9(2)18-13-5-6-16-8-12(13)17-14(18)7-11(15)10-3-4-10/h5-6,8-11H,3-4,7,15H2,1-2H3. The molecule has 2 N–H and O–H groups in total. The molecule has 4 heteroatoms. The molecule has 2 heterocycles. The average molecular weight is 244 g/mol. The van der Waals surface area contributed by atoms with E-state index in [0.29, 0.717) is 12.0 Å². The topological polar surface area (TPSA) is 56.7 Å². The fourth-order valence-corrected chi connectivity index (χ4v) is 2.62. The molecule has 18 heavy (non-hydrogen) atoms. The maximum atomic E-state index is 6.23. The molecule has 0 bridgehead atoms. The van der Waals surface area contributed by atoms with Gasteiger partial charge in [0.1, 0.15) is 11.3 Å². The van der Waals surface area contributed by atoms with Gasteiger partial charge in [-0.1, -0.05) is 0 Å². The lowest BCUT2D eigenvalue weighted by atomic mass is 10.1. The number of fused-ring (bicyclic) bond motifs is 1. The van der Waals surface area contributed by atoms with Gasteiger partial charge in [0.15, 0.2) is 0 Å². The molecule has 1 atom stereocenters. The van der Waals surface area contributed by atoms with Crippen LogP contribution in [0.4, 0.5) is 0 Å². The van der Waals surface area contributed by atoms with Crippen LogP contribution in [0.2, 0.25) is 0 Å². The van der Waals surface area contributed by atoms with Crippen LogP contribution >= 0.6 is 0 Å². The maximum absolute atomic E-state index is 6.23. The molecule has 0 aliphatic heterocycles. The van der Waals surface area contributed by atoms with Crippen LogP contribution in [-0.2, 0) is 6.42 Å². The average Bonchev–Trinajstić information content (AvgIpc) is 3.10. The lowest BCUT2D eigenvalue weighted by Crippen LogP contribution is -2.27. The largest absolute Gasteiger partial charge is 0.327 e. The van der Waals surface area contributed by atoms with E-state index in [2.05, 4.69) is 23.4 Å². The summed E-state index contributed by atoms with van der Waals surface area (Å²) in [5.41, 5.74) is 8.37. The molecule has 4 nitrogen and oxygen atoms in total. The van der Waals surface area contributed by atoms with E-state index >= 15 is 0 Å². The molecule has 1 saturated carbocycles. The number of hydrogen-bond donors (Lipinski definition) is 1. The van der Waals surface area contributed by atoms with Crippen LogP contribution in [0.3, 0.4) is 0 Å². The zero-order valence-electron chi connectivity index (χ0n) is 11.0. The van der Waals surface area contributed by atoms with Crippen LogP contribution in [0.25, 0.3) is 11.0 Å². The fourth-order valence-electron chi connectivity index (χ4n) is 2.62. The van der Waals surface area contributed by atoms with E-state index in [1.54, 1.807) is 0 Å². The van der Waals surface area contributed by atoms with Crippen molar-refractivity contribution in [2.75, 3.05) is 0 Å². The van der Waals surface area contributed by atoms with Crippen molar-refractivity contribution in [3.8, 4) is 0 Å². The first-order valence-electron chi connectivity index (χ1n) is 6.73. The van der Waals surface area contributed by atoms with E-state index in [1.807, 2.05) is 18.5 Å². The lowest BCUT2D eigenvalue weighted by molar-refractivity contribution is 0.526. The number of aromatic nitrogens is 3. The minimum atomic E-state index is 0.257. The Bertz CT molecular complexity index is 554. The minimum Gasteiger partial charge on any atom is -0.327 e. The summed E-state index contributed by atoms with van der Waals surface area (Å²) in [5, 5.41) is 0. The van der Waals surface area contributed by atoms with E-state index < -0.39 is 0 Å². The highest BCUT2D eigenvalue weighted by Gasteiger charge is 2.30. The van der Waals surface area contributed by atoms with Crippen LogP contribution in [0.5, 0.6) is 0 Å². The molecule has 0 amide bonds. The van der Waals surface area contributed by atoms with E-state index in [-0.39, 0.29) is 6.04 Å². The Hall–Kier alpha value is -1.42. The van der Waals surface area contributed by atoms with Gasteiger partial charge in [0.2, 0.25) is 0 Å². The highest BCUT2D eigenvalue weighted by atomic mass is 15.1. The van der Waals surface area contributed by atoms with Crippen molar-refractivity contribution in [1.29, 1.82) is 0 Å². The summed E-state index contributed by atoms with van der Waals surface area (Å²) in [6, 6.07) is 2.69. The van der Waals surface area contributed by atoms with Crippen LogP contribution < -0.4 is 5.73 Å². The Kier molecular flexibility index (Phi) is 2.82. The number of nitrogens with two attached hydrogens (primary N) is 1. The van der Waals surface area contributed by atoms with Crippen molar-refractivity contribution in [3.63, 3.8) is 0 Å². The third-order valence-electron chi connectivity index (χ3n) is 3.73. The summed E-state index contributed by atoms with van der Waals surface area (Å²) >= 11 is 0. The fraction of sp³-hybridized carbons (Fsp3) is 0.571. The van der Waals surface area contributed by atoms with Gasteiger partial charge in [-0.3, -0.25) is 4.98 Å². The van der Waals surface area contributed by atoms with Gasteiger partial charge in [-0.2, -0.15) is 0 Å². The molecule has 3 rings (SSSR count). The maximum Gasteiger partial charge on any atom is 0.111 e. The Labute approximate surface area is 107 Å². The zero-order valence-corrected chi connectivity index (χ0v) is 11.0. The highest BCUT2D eigenvalue weighted by molar-refractivity contribution is 5.74. The Morgan fingerprint density at radius 2 is 2.22 bits per heavy atom. The smallest absolute Gasteiger partial charge is 0.111 e. The number of rotatable bonds is 4. The van der Waals surface area contributed by atoms with E-state index in [9.17, 15) is 0 Å². The predicted octanol–water partition coefficient (Wildman–Crippen LogP) is 2.29. The molecule has 0 aromatic carbocycles. The summed E-state index contributed by atoms with van der Waals surface area (Å²) < 4.78 is 2.29. The van der Waals surface area contributed by atoms with Crippen LogP contribution in [0.1, 0.15) is 38.6 Å². The summed E-state index contributed by atoms with van der Waals surface area (Å²) in [7, 11) is 0. The normalized spacial score (nSPS) is 17.6. The molecular weight excluding hydrogens is 224 g/mol. The molecule has 2 aromatic heterocycles. The second-order valence-electron chi connectivity index (χ2n) is 5.56. The Balaban J connectivity index is 2.01. The van der Waals surface area contributed by atoms with Crippen LogP contribution in [0, 0.1) is 5.92 Å². The number of imidazole rings is 1. The number of nitrogens with zero attached hydrogens (tertiary/aromatic N) is 3. The van der Waals surface area contributed by atoms with Crippen LogP contribution in [-0.4, -0.2) is 20.6 Å². The third-order valence-corrected chi connectivity index (χ3v) is 3.73. The minimum absolute atomic E-state index is 0.257. The number of pyridine rings is 1. The van der Waals surface area contributed by atoms with E-state index in [1.165, 1.54) is 12.8 Å². The van der Waals surface area contributed by atoms with Gasteiger partial charge in [0, 0.05) is 24.7 Å². The highest BCUT2D eigenvalue weighted by Crippen LogP contribution is 2.33. The molecule has 96 valence electrons. The van der Waals surface area contributed by atoms with Crippen LogP contribution in [0.15, 0.2) is 18.5 Å². The van der Waals surface area contributed by atoms with Gasteiger partial charge in [0.25, 0.3) is 0 Å². The summed E-state index contributed by atoms with van der Waals surface area (Å²) in [5.74, 6) is 1.82. The number of hydrogen-bond acceptors (Lipinski definition) is 3. The Morgan fingerprint density at radius 1 is 1.44 bits per heavy atom. The van der Waals surface area contributed by atoms with Crippen molar-refractivity contribution in [3.05, 3.63) is 24.3 Å².